The number of benzene rings is 2. The smallest absolute Gasteiger partial charge is 0.161 e. The van der Waals surface area contributed by atoms with Crippen molar-refractivity contribution >= 4 is 0 Å². The quantitative estimate of drug-likeness (QED) is 0.418. The zero-order chi connectivity index (χ0) is 19.9. The Bertz CT molecular complexity index is 892. The third kappa shape index (κ3) is 4.72. The molecule has 1 heterocycles. The topological polar surface area (TPSA) is 31.4 Å². The Morgan fingerprint density at radius 3 is 2.32 bits per heavy atom. The first-order chi connectivity index (χ1) is 13.6. The van der Waals surface area contributed by atoms with E-state index in [4.69, 9.17) is 9.47 Å². The van der Waals surface area contributed by atoms with Crippen LogP contribution in [0.5, 0.6) is 11.5 Å². The summed E-state index contributed by atoms with van der Waals surface area (Å²) in [5, 5.41) is 0. The van der Waals surface area contributed by atoms with Gasteiger partial charge in [0.05, 0.1) is 12.2 Å². The summed E-state index contributed by atoms with van der Waals surface area (Å²) >= 11 is 0. The van der Waals surface area contributed by atoms with Crippen LogP contribution in [0.25, 0.3) is 22.4 Å². The van der Waals surface area contributed by atoms with E-state index in [1.165, 1.54) is 0 Å². The average molecular weight is 375 g/mol. The molecule has 28 heavy (non-hydrogen) atoms. The summed E-state index contributed by atoms with van der Waals surface area (Å²) in [7, 11) is 0. The van der Waals surface area contributed by atoms with Gasteiger partial charge >= 0.3 is 0 Å². The summed E-state index contributed by atoms with van der Waals surface area (Å²) in [6, 6.07) is 21.4. The lowest BCUT2D eigenvalue weighted by atomic mass is 9.97. The molecule has 2 aromatic carbocycles. The van der Waals surface area contributed by atoms with Gasteiger partial charge in [0.2, 0.25) is 0 Å². The van der Waals surface area contributed by atoms with Gasteiger partial charge in [-0.25, -0.2) is 0 Å². The summed E-state index contributed by atoms with van der Waals surface area (Å²) in [6.45, 7) is 8.39. The lowest BCUT2D eigenvalue weighted by molar-refractivity contribution is 0.177. The van der Waals surface area contributed by atoms with Crippen molar-refractivity contribution in [2.45, 2.75) is 52.7 Å². The molecule has 3 heteroatoms. The molecular weight excluding hydrogens is 346 g/mol. The van der Waals surface area contributed by atoms with Gasteiger partial charge in [-0.3, -0.25) is 0 Å². The molecule has 3 aromatic rings. The number of pyridine rings is 1. The summed E-state index contributed by atoms with van der Waals surface area (Å²) < 4.78 is 12.3. The molecule has 0 bridgehead atoms. The fraction of sp³-hybridized carbons (Fsp3) is 0.320. The SMILES string of the molecule is CCC(C)Oc1ccc(-c2ccc[c-]c2-c2ccccn2)cc1OC(C)CC. The first-order valence-electron chi connectivity index (χ1n) is 10.0. The Morgan fingerprint density at radius 2 is 1.64 bits per heavy atom. The molecule has 1 aromatic heterocycles. The Labute approximate surface area is 168 Å². The van der Waals surface area contributed by atoms with Gasteiger partial charge in [0, 0.05) is 6.20 Å². The van der Waals surface area contributed by atoms with Crippen LogP contribution in [0.2, 0.25) is 0 Å². The highest BCUT2D eigenvalue weighted by atomic mass is 16.5. The second-order valence-electron chi connectivity index (χ2n) is 7.01. The molecule has 146 valence electrons. The lowest BCUT2D eigenvalue weighted by Gasteiger charge is -2.22. The van der Waals surface area contributed by atoms with Crippen molar-refractivity contribution in [3.05, 3.63) is 66.9 Å². The molecule has 0 spiro atoms. The molecule has 0 saturated heterocycles. The molecule has 0 amide bonds. The van der Waals surface area contributed by atoms with Crippen LogP contribution in [-0.4, -0.2) is 17.2 Å². The maximum atomic E-state index is 6.20. The zero-order valence-electron chi connectivity index (χ0n) is 17.1. The number of aromatic nitrogens is 1. The van der Waals surface area contributed by atoms with Crippen LogP contribution < -0.4 is 9.47 Å². The minimum atomic E-state index is 0.118. The third-order valence-electron chi connectivity index (χ3n) is 4.84. The standard InChI is InChI=1S/C25H28NO2/c1-5-18(3)27-24-15-14-20(17-25(24)28-19(4)6-2)21-11-7-8-12-22(21)23-13-9-10-16-26-23/h7-11,13-19H,5-6H2,1-4H3/q-1. The van der Waals surface area contributed by atoms with E-state index < -0.39 is 0 Å². The summed E-state index contributed by atoms with van der Waals surface area (Å²) in [5.74, 6) is 1.57. The van der Waals surface area contributed by atoms with Gasteiger partial charge in [-0.2, -0.15) is 0 Å². The van der Waals surface area contributed by atoms with Crippen molar-refractivity contribution in [1.82, 2.24) is 4.98 Å². The van der Waals surface area contributed by atoms with Crippen molar-refractivity contribution in [1.29, 1.82) is 0 Å². The van der Waals surface area contributed by atoms with E-state index in [1.54, 1.807) is 6.20 Å². The Hall–Kier alpha value is -2.81. The van der Waals surface area contributed by atoms with Crippen LogP contribution in [0.15, 0.2) is 60.8 Å². The number of hydrogen-bond acceptors (Lipinski definition) is 3. The monoisotopic (exact) mass is 374 g/mol. The molecule has 0 aliphatic carbocycles. The van der Waals surface area contributed by atoms with Crippen molar-refractivity contribution < 1.29 is 9.47 Å². The van der Waals surface area contributed by atoms with Gasteiger partial charge in [-0.1, -0.05) is 43.2 Å². The molecule has 3 nitrogen and oxygen atoms in total. The van der Waals surface area contributed by atoms with Gasteiger partial charge in [0.25, 0.3) is 0 Å². The lowest BCUT2D eigenvalue weighted by Crippen LogP contribution is -2.14. The van der Waals surface area contributed by atoms with Crippen molar-refractivity contribution in [3.8, 4) is 33.9 Å². The van der Waals surface area contributed by atoms with Crippen molar-refractivity contribution in [3.63, 3.8) is 0 Å². The Balaban J connectivity index is 2.05. The molecule has 0 radical (unpaired) electrons. The average Bonchev–Trinajstić information content (AvgIpc) is 2.75. The van der Waals surface area contributed by atoms with Crippen LogP contribution in [-0.2, 0) is 0 Å². The fourth-order valence-electron chi connectivity index (χ4n) is 2.87. The molecular formula is C25H28NO2-. The van der Waals surface area contributed by atoms with Gasteiger partial charge < -0.3 is 14.5 Å². The molecule has 2 atom stereocenters. The fourth-order valence-corrected chi connectivity index (χ4v) is 2.87. The molecule has 0 aliphatic heterocycles. The molecule has 0 saturated carbocycles. The predicted octanol–water partition coefficient (Wildman–Crippen LogP) is 6.57. The second kappa shape index (κ2) is 9.41. The van der Waals surface area contributed by atoms with Crippen LogP contribution in [0.1, 0.15) is 40.5 Å². The minimum absolute atomic E-state index is 0.118. The van der Waals surface area contributed by atoms with E-state index >= 15 is 0 Å². The Kier molecular flexibility index (Phi) is 6.70. The highest BCUT2D eigenvalue weighted by Gasteiger charge is 2.13. The Morgan fingerprint density at radius 1 is 0.893 bits per heavy atom. The number of hydrogen-bond donors (Lipinski definition) is 0. The highest BCUT2D eigenvalue weighted by molar-refractivity contribution is 5.82. The summed E-state index contributed by atoms with van der Waals surface area (Å²) in [5.41, 5.74) is 4.02. The first-order valence-corrected chi connectivity index (χ1v) is 10.0. The molecule has 3 rings (SSSR count). The van der Waals surface area contributed by atoms with Crippen LogP contribution >= 0.6 is 0 Å². The molecule has 2 unspecified atom stereocenters. The highest BCUT2D eigenvalue weighted by Crippen LogP contribution is 2.37. The van der Waals surface area contributed by atoms with Gasteiger partial charge in [0.15, 0.2) is 11.5 Å². The van der Waals surface area contributed by atoms with Crippen LogP contribution in [0.4, 0.5) is 0 Å². The predicted molar refractivity (Wildman–Crippen MR) is 115 cm³/mol. The second-order valence-corrected chi connectivity index (χ2v) is 7.01. The maximum absolute atomic E-state index is 6.20. The van der Waals surface area contributed by atoms with E-state index in [0.717, 1.165) is 46.7 Å². The number of nitrogens with zero attached hydrogens (tertiary/aromatic N) is 1. The van der Waals surface area contributed by atoms with E-state index in [9.17, 15) is 0 Å². The normalized spacial score (nSPS) is 13.0. The number of rotatable bonds is 8. The van der Waals surface area contributed by atoms with Gasteiger partial charge in [-0.05, 0) is 50.6 Å². The van der Waals surface area contributed by atoms with E-state index in [1.807, 2.05) is 36.4 Å². The molecule has 0 aliphatic rings. The van der Waals surface area contributed by atoms with E-state index in [2.05, 4.69) is 56.9 Å². The third-order valence-corrected chi connectivity index (χ3v) is 4.84. The number of ether oxygens (including phenoxy) is 2. The largest absolute Gasteiger partial charge is 0.487 e. The van der Waals surface area contributed by atoms with Crippen LogP contribution in [0, 0.1) is 6.07 Å². The maximum Gasteiger partial charge on any atom is 0.161 e. The van der Waals surface area contributed by atoms with E-state index in [-0.39, 0.29) is 12.2 Å². The zero-order valence-corrected chi connectivity index (χ0v) is 17.1. The summed E-state index contributed by atoms with van der Waals surface area (Å²) in [4.78, 5) is 4.50. The summed E-state index contributed by atoms with van der Waals surface area (Å²) in [6.07, 6.45) is 3.94. The van der Waals surface area contributed by atoms with Crippen molar-refractivity contribution in [2.24, 2.45) is 0 Å². The molecule has 0 N–H and O–H groups in total. The van der Waals surface area contributed by atoms with Gasteiger partial charge in [-0.15, -0.1) is 29.8 Å². The van der Waals surface area contributed by atoms with Crippen LogP contribution in [0.3, 0.4) is 0 Å². The van der Waals surface area contributed by atoms with Gasteiger partial charge in [0.1, 0.15) is 0 Å². The van der Waals surface area contributed by atoms with Crippen molar-refractivity contribution in [2.75, 3.05) is 0 Å². The first kappa shape index (κ1) is 19.9. The minimum Gasteiger partial charge on any atom is -0.487 e. The molecule has 0 fully saturated rings. The van der Waals surface area contributed by atoms with E-state index in [0.29, 0.717) is 0 Å².